The van der Waals surface area contributed by atoms with Crippen molar-refractivity contribution in [3.05, 3.63) is 46.6 Å². The summed E-state index contributed by atoms with van der Waals surface area (Å²) in [5.41, 5.74) is 2.11. The fourth-order valence-corrected chi connectivity index (χ4v) is 3.35. The number of aliphatic hydroxyl groups is 1. The molecule has 2 aromatic rings. The van der Waals surface area contributed by atoms with E-state index < -0.39 is 5.91 Å². The Labute approximate surface area is 159 Å². The van der Waals surface area contributed by atoms with E-state index in [-0.39, 0.29) is 24.3 Å². The van der Waals surface area contributed by atoms with Gasteiger partial charge in [-0.1, -0.05) is 6.07 Å². The van der Waals surface area contributed by atoms with Crippen molar-refractivity contribution >= 4 is 51.9 Å². The van der Waals surface area contributed by atoms with Crippen molar-refractivity contribution in [2.45, 2.75) is 6.92 Å². The highest BCUT2D eigenvalue weighted by atomic mass is 32.2. The minimum atomic E-state index is -0.411. The first kappa shape index (κ1) is 18.9. The normalized spacial score (nSPS) is 15.9. The van der Waals surface area contributed by atoms with Gasteiger partial charge in [-0.2, -0.15) is 0 Å². The number of imide groups is 1. The van der Waals surface area contributed by atoms with Gasteiger partial charge in [-0.05, 0) is 48.5 Å². The monoisotopic (exact) mass is 386 g/mol. The minimum absolute atomic E-state index is 0.0891. The first-order valence-corrected chi connectivity index (χ1v) is 9.17. The van der Waals surface area contributed by atoms with Crippen LogP contribution in [-0.4, -0.2) is 46.8 Å². The van der Waals surface area contributed by atoms with Crippen LogP contribution in [-0.2, 0) is 9.59 Å². The lowest BCUT2D eigenvalue weighted by Crippen LogP contribution is -2.31. The Hall–Kier alpha value is -2.84. The average Bonchev–Trinajstić information content (AvgIpc) is 3.19. The molecule has 0 atom stereocenters. The number of amides is 3. The van der Waals surface area contributed by atoms with Crippen LogP contribution in [0.15, 0.2) is 39.9 Å². The van der Waals surface area contributed by atoms with Crippen LogP contribution in [0.4, 0.5) is 4.79 Å². The lowest BCUT2D eigenvalue weighted by molar-refractivity contribution is -0.126. The Morgan fingerprint density at radius 3 is 2.85 bits per heavy atom. The molecule has 1 aromatic heterocycles. The van der Waals surface area contributed by atoms with Crippen molar-refractivity contribution in [3.8, 4) is 0 Å². The van der Waals surface area contributed by atoms with Crippen molar-refractivity contribution in [2.75, 3.05) is 19.7 Å². The number of fused-ring (bicyclic) bond motifs is 1. The molecule has 0 radical (unpaired) electrons. The molecule has 3 rings (SSSR count). The third-order valence-corrected chi connectivity index (χ3v) is 4.85. The zero-order chi connectivity index (χ0) is 19.4. The maximum absolute atomic E-state index is 12.2. The third-order valence-electron chi connectivity index (χ3n) is 4.04. The molecule has 140 valence electrons. The molecule has 1 aromatic carbocycles. The number of furan rings is 1. The van der Waals surface area contributed by atoms with Crippen molar-refractivity contribution in [1.29, 1.82) is 0 Å². The Bertz CT molecular complexity index is 960. The van der Waals surface area contributed by atoms with Crippen LogP contribution < -0.4 is 5.32 Å². The van der Waals surface area contributed by atoms with Crippen molar-refractivity contribution in [3.63, 3.8) is 0 Å². The second-order valence-corrected chi connectivity index (χ2v) is 6.79. The SMILES string of the molecule is CCN(CCO)C(=O)C=Cc1coc2ccc(C=C3SC(=O)NC3=O)cc12. The zero-order valence-electron chi connectivity index (χ0n) is 14.6. The summed E-state index contributed by atoms with van der Waals surface area (Å²) in [4.78, 5) is 37.0. The molecule has 0 saturated carbocycles. The highest BCUT2D eigenvalue weighted by molar-refractivity contribution is 8.18. The summed E-state index contributed by atoms with van der Waals surface area (Å²) in [5, 5.41) is 11.6. The molecule has 0 aliphatic carbocycles. The van der Waals surface area contributed by atoms with Gasteiger partial charge in [0.1, 0.15) is 5.58 Å². The van der Waals surface area contributed by atoms with Crippen molar-refractivity contribution < 1.29 is 23.9 Å². The molecule has 2 heterocycles. The molecule has 1 saturated heterocycles. The minimum Gasteiger partial charge on any atom is -0.464 e. The summed E-state index contributed by atoms with van der Waals surface area (Å²) in [7, 11) is 0. The number of carbonyl (C=O) groups excluding carboxylic acids is 3. The molecule has 3 amide bonds. The zero-order valence-corrected chi connectivity index (χ0v) is 15.4. The lowest BCUT2D eigenvalue weighted by atomic mass is 10.1. The summed E-state index contributed by atoms with van der Waals surface area (Å²) < 4.78 is 5.50. The van der Waals surface area contributed by atoms with Gasteiger partial charge in [-0.25, -0.2) is 0 Å². The van der Waals surface area contributed by atoms with Gasteiger partial charge < -0.3 is 14.4 Å². The van der Waals surface area contributed by atoms with Crippen molar-refractivity contribution in [2.24, 2.45) is 0 Å². The number of rotatable bonds is 6. The predicted octanol–water partition coefficient (Wildman–Crippen LogP) is 2.61. The molecule has 0 unspecified atom stereocenters. The van der Waals surface area contributed by atoms with E-state index in [0.29, 0.717) is 17.0 Å². The van der Waals surface area contributed by atoms with Crippen LogP contribution in [0.2, 0.25) is 0 Å². The van der Waals surface area contributed by atoms with Gasteiger partial charge in [-0.3, -0.25) is 19.7 Å². The molecule has 0 bridgehead atoms. The van der Waals surface area contributed by atoms with E-state index in [0.717, 1.165) is 28.3 Å². The molecule has 2 N–H and O–H groups in total. The third kappa shape index (κ3) is 4.29. The molecular weight excluding hydrogens is 368 g/mol. The van der Waals surface area contributed by atoms with Crippen LogP contribution in [0.3, 0.4) is 0 Å². The maximum Gasteiger partial charge on any atom is 0.290 e. The van der Waals surface area contributed by atoms with Gasteiger partial charge in [-0.15, -0.1) is 0 Å². The molecule has 1 aliphatic rings. The molecule has 27 heavy (non-hydrogen) atoms. The number of hydrogen-bond acceptors (Lipinski definition) is 6. The van der Waals surface area contributed by atoms with Crippen LogP contribution in [0, 0.1) is 0 Å². The number of nitrogens with zero attached hydrogens (tertiary/aromatic N) is 1. The van der Waals surface area contributed by atoms with E-state index in [1.165, 1.54) is 11.0 Å². The highest BCUT2D eigenvalue weighted by Crippen LogP contribution is 2.28. The molecule has 7 nitrogen and oxygen atoms in total. The number of nitrogens with one attached hydrogen (secondary N) is 1. The molecular formula is C19H18N2O5S. The van der Waals surface area contributed by atoms with E-state index in [9.17, 15) is 14.4 Å². The quantitative estimate of drug-likeness (QED) is 0.741. The van der Waals surface area contributed by atoms with Gasteiger partial charge in [0.2, 0.25) is 5.91 Å². The fraction of sp³-hybridized carbons (Fsp3) is 0.211. The smallest absolute Gasteiger partial charge is 0.290 e. The van der Waals surface area contributed by atoms with Crippen LogP contribution in [0.1, 0.15) is 18.1 Å². The first-order valence-electron chi connectivity index (χ1n) is 8.35. The molecule has 1 fully saturated rings. The van der Waals surface area contributed by atoms with E-state index in [2.05, 4.69) is 5.32 Å². The Morgan fingerprint density at radius 1 is 1.37 bits per heavy atom. The number of thioether (sulfide) groups is 1. The Balaban J connectivity index is 1.86. The average molecular weight is 386 g/mol. The standard InChI is InChI=1S/C19H18N2O5S/c1-2-21(7-8-22)17(23)6-4-13-11-26-15-5-3-12(9-14(13)15)10-16-18(24)20-19(25)27-16/h3-6,9-11,22H,2,7-8H2,1H3,(H,20,24,25). The lowest BCUT2D eigenvalue weighted by Gasteiger charge is -2.17. The molecule has 1 aliphatic heterocycles. The number of benzene rings is 1. The second kappa shape index (κ2) is 8.24. The first-order chi connectivity index (χ1) is 13.0. The number of likely N-dealkylation sites (N-methyl/N-ethyl adjacent to an activating group) is 1. The number of carbonyl (C=O) groups is 3. The fourth-order valence-electron chi connectivity index (χ4n) is 2.67. The second-order valence-electron chi connectivity index (χ2n) is 5.77. The Kier molecular flexibility index (Phi) is 5.78. The largest absolute Gasteiger partial charge is 0.464 e. The summed E-state index contributed by atoms with van der Waals surface area (Å²) in [6, 6.07) is 5.39. The van der Waals surface area contributed by atoms with Gasteiger partial charge >= 0.3 is 0 Å². The summed E-state index contributed by atoms with van der Waals surface area (Å²) in [6.07, 6.45) is 6.28. The number of hydrogen-bond donors (Lipinski definition) is 2. The highest BCUT2D eigenvalue weighted by Gasteiger charge is 2.25. The van der Waals surface area contributed by atoms with E-state index in [1.807, 2.05) is 13.0 Å². The van der Waals surface area contributed by atoms with E-state index >= 15 is 0 Å². The summed E-state index contributed by atoms with van der Waals surface area (Å²) in [5.74, 6) is -0.608. The van der Waals surface area contributed by atoms with Crippen LogP contribution >= 0.6 is 11.8 Å². The summed E-state index contributed by atoms with van der Waals surface area (Å²) >= 11 is 0.858. The van der Waals surface area contributed by atoms with Crippen LogP contribution in [0.25, 0.3) is 23.1 Å². The van der Waals surface area contributed by atoms with Crippen molar-refractivity contribution in [1.82, 2.24) is 10.2 Å². The van der Waals surface area contributed by atoms with Gasteiger partial charge in [0.05, 0.1) is 17.8 Å². The Morgan fingerprint density at radius 2 is 2.19 bits per heavy atom. The van der Waals surface area contributed by atoms with Gasteiger partial charge in [0.25, 0.3) is 11.1 Å². The molecule has 8 heteroatoms. The topological polar surface area (TPSA) is 99.8 Å². The van der Waals surface area contributed by atoms with E-state index in [1.54, 1.807) is 30.5 Å². The summed E-state index contributed by atoms with van der Waals surface area (Å²) in [6.45, 7) is 2.54. The van der Waals surface area contributed by atoms with Crippen LogP contribution in [0.5, 0.6) is 0 Å². The predicted molar refractivity (Wildman–Crippen MR) is 104 cm³/mol. The number of aliphatic hydroxyl groups excluding tert-OH is 1. The van der Waals surface area contributed by atoms with Gasteiger partial charge in [0, 0.05) is 30.1 Å². The maximum atomic E-state index is 12.2. The van der Waals surface area contributed by atoms with Gasteiger partial charge in [0.15, 0.2) is 0 Å². The molecule has 0 spiro atoms. The van der Waals surface area contributed by atoms with E-state index in [4.69, 9.17) is 9.52 Å².